The lowest BCUT2D eigenvalue weighted by molar-refractivity contribution is -0.191. The molecule has 0 saturated carbocycles. The number of nitrogens with two attached hydrogens (primary N) is 1. The number of benzene rings is 1. The van der Waals surface area contributed by atoms with E-state index >= 15 is 0 Å². The van der Waals surface area contributed by atoms with E-state index in [1.807, 2.05) is 50.2 Å². The summed E-state index contributed by atoms with van der Waals surface area (Å²) < 4.78 is 24.1. The number of cyclic esters (lactones) is 1. The highest BCUT2D eigenvalue weighted by Crippen LogP contribution is 2.42. The number of likely N-dealkylation sites (tertiary alicyclic amines) is 1. The molecule has 0 radical (unpaired) electrons. The molecule has 2 aromatic heterocycles. The lowest BCUT2D eigenvalue weighted by Crippen LogP contribution is -2.58. The van der Waals surface area contributed by atoms with Crippen molar-refractivity contribution in [1.82, 2.24) is 55.7 Å². The highest BCUT2D eigenvalue weighted by Gasteiger charge is 2.52. The molecule has 6 rings (SSSR count). The van der Waals surface area contributed by atoms with Gasteiger partial charge in [-0.15, -0.1) is 0 Å². The lowest BCUT2D eigenvalue weighted by atomic mass is 9.85. The molecule has 5 atom stereocenters. The molecule has 490 valence electrons. The Morgan fingerprint density at radius 3 is 2.10 bits per heavy atom. The predicted molar refractivity (Wildman–Crippen MR) is 332 cm³/mol. The van der Waals surface area contributed by atoms with E-state index in [1.165, 1.54) is 4.90 Å². The first-order chi connectivity index (χ1) is 41.9. The van der Waals surface area contributed by atoms with Crippen molar-refractivity contribution >= 4 is 64.6 Å². The molecule has 3 aromatic rings. The third-order valence-corrected chi connectivity index (χ3v) is 15.9. The van der Waals surface area contributed by atoms with Crippen molar-refractivity contribution in [2.45, 2.75) is 175 Å². The summed E-state index contributed by atoms with van der Waals surface area (Å²) in [5.74, 6) is -5.60. The minimum atomic E-state index is -2.06. The van der Waals surface area contributed by atoms with Gasteiger partial charge >= 0.3 is 24.1 Å². The Kier molecular flexibility index (Phi) is 24.3. The van der Waals surface area contributed by atoms with E-state index in [-0.39, 0.29) is 56.1 Å². The maximum Gasteiger partial charge on any atom is 0.408 e. The van der Waals surface area contributed by atoms with Crippen LogP contribution in [-0.2, 0) is 77.7 Å². The average molecular weight is 1240 g/mol. The van der Waals surface area contributed by atoms with Crippen molar-refractivity contribution in [3.63, 3.8) is 0 Å². The van der Waals surface area contributed by atoms with Crippen molar-refractivity contribution in [2.75, 3.05) is 80.0 Å². The van der Waals surface area contributed by atoms with Gasteiger partial charge < -0.3 is 70.5 Å². The zero-order valence-electron chi connectivity index (χ0n) is 54.2. The second-order valence-electron chi connectivity index (χ2n) is 25.7. The number of aryl methyl sites for hydroxylation is 1. The number of esters is 2. The zero-order valence-corrected chi connectivity index (χ0v) is 54.2. The molecule has 1 fully saturated rings. The first kappa shape index (κ1) is 70.4. The third-order valence-electron chi connectivity index (χ3n) is 15.9. The standard InChI is InChI=1S/C63H94N12O14/c1-14-39-40-21-16-17-22-44(40)68-52-41(39)35-75-48(52)33-43-42(55(75)80)37-86-58(83)63(43,15-2)87-57(82)51(38(3)4)70-54(79)47-24-20-27-74(47)56(81)46(34-49(64)76)67-50(77)36-73(13)32-31-72(12)30-29-71(11)28-26-65-53(78)45(69-60(85)89-62(8,9)10)23-18-19-25-66-59(84)88-61(5,6)7/h16-17,21-22,33,38,45-47,51H,14-15,18-20,23-32,34-37H2,1-13H3,(H2,64,76)(H,65,78)(H,66,84)(H,67,77)(H,69,85)(H,70,79)/t45-,46-,47-,51-,63-/m0/s1. The summed E-state index contributed by atoms with van der Waals surface area (Å²) in [6.07, 6.45) is 0.780. The van der Waals surface area contributed by atoms with Crippen LogP contribution in [0.4, 0.5) is 9.59 Å². The van der Waals surface area contributed by atoms with E-state index in [4.69, 9.17) is 29.7 Å². The number of rotatable bonds is 29. The smallest absolute Gasteiger partial charge is 0.408 e. The second-order valence-corrected chi connectivity index (χ2v) is 25.7. The number of unbranched alkanes of at least 4 members (excludes halogenated alkanes) is 1. The normalized spacial score (nSPS) is 17.3. The fourth-order valence-electron chi connectivity index (χ4n) is 11.2. The van der Waals surface area contributed by atoms with Crippen LogP contribution in [0.15, 0.2) is 35.1 Å². The molecule has 3 aliphatic rings. The van der Waals surface area contributed by atoms with Crippen molar-refractivity contribution < 1.29 is 62.1 Å². The third kappa shape index (κ3) is 18.7. The first-order valence-electron chi connectivity index (χ1n) is 30.9. The van der Waals surface area contributed by atoms with Gasteiger partial charge in [-0.25, -0.2) is 24.2 Å². The van der Waals surface area contributed by atoms with E-state index in [1.54, 1.807) is 84.9 Å². The quantitative estimate of drug-likeness (QED) is 0.0258. The molecule has 7 N–H and O–H groups in total. The fourth-order valence-corrected chi connectivity index (χ4v) is 11.2. The largest absolute Gasteiger partial charge is 0.457 e. The van der Waals surface area contributed by atoms with Crippen LogP contribution in [0.5, 0.6) is 0 Å². The maximum absolute atomic E-state index is 14.5. The van der Waals surface area contributed by atoms with Crippen LogP contribution < -0.4 is 37.9 Å². The number of carbonyl (C=O) groups is 9. The molecule has 26 heteroatoms. The fraction of sp³-hybridized carbons (Fsp3) is 0.635. The van der Waals surface area contributed by atoms with Gasteiger partial charge in [-0.3, -0.25) is 33.7 Å². The number of carbonyl (C=O) groups excluding carboxylic acids is 9. The number of primary amides is 1. The highest BCUT2D eigenvalue weighted by molar-refractivity contribution is 5.97. The van der Waals surface area contributed by atoms with Gasteiger partial charge in [-0.1, -0.05) is 45.9 Å². The summed E-state index contributed by atoms with van der Waals surface area (Å²) in [7, 11) is 5.58. The Morgan fingerprint density at radius 2 is 1.46 bits per heavy atom. The summed E-state index contributed by atoms with van der Waals surface area (Å²) in [4.78, 5) is 147. The number of nitrogens with zero attached hydrogens (tertiary/aromatic N) is 6. The summed E-state index contributed by atoms with van der Waals surface area (Å²) in [5, 5.41) is 14.7. The SMILES string of the molecule is CCc1c2c(nc3ccccc13)-c1cc3c(c(=O)n1C2)COC(=O)[C@@]3(CC)OC(=O)[C@@H](NC(=O)[C@@H]1CCCN1C(=O)[C@H](CC(N)=O)NC(=O)CN(C)CCN(C)CCN(C)CCNC(=O)[C@H](CCCCNC(=O)OC(C)(C)C)NC(=O)OC(C)(C)C)C(C)C. The molecular weight excluding hydrogens is 1150 g/mol. The molecule has 0 spiro atoms. The van der Waals surface area contributed by atoms with Gasteiger partial charge in [0.1, 0.15) is 42.0 Å². The predicted octanol–water partition coefficient (Wildman–Crippen LogP) is 3.18. The number of aromatic nitrogens is 2. The van der Waals surface area contributed by atoms with Crippen molar-refractivity contribution in [3.05, 3.63) is 62.9 Å². The zero-order chi connectivity index (χ0) is 65.7. The summed E-state index contributed by atoms with van der Waals surface area (Å²) in [6, 6.07) is 4.72. The van der Waals surface area contributed by atoms with E-state index in [9.17, 15) is 47.9 Å². The molecule has 3 aliphatic heterocycles. The minimum Gasteiger partial charge on any atom is -0.457 e. The second kappa shape index (κ2) is 30.7. The van der Waals surface area contributed by atoms with E-state index < -0.39 is 107 Å². The van der Waals surface area contributed by atoms with Crippen molar-refractivity contribution in [2.24, 2.45) is 11.7 Å². The molecular formula is C63H94N12O14. The Morgan fingerprint density at radius 1 is 0.809 bits per heavy atom. The number of para-hydroxylation sites is 1. The van der Waals surface area contributed by atoms with Crippen LogP contribution >= 0.6 is 0 Å². The topological polar surface area (TPSA) is 325 Å². The Labute approximate surface area is 521 Å². The molecule has 0 aliphatic carbocycles. The van der Waals surface area contributed by atoms with E-state index in [2.05, 4.69) is 31.5 Å². The van der Waals surface area contributed by atoms with Gasteiger partial charge in [-0.05, 0) is 131 Å². The highest BCUT2D eigenvalue weighted by atomic mass is 16.6. The summed E-state index contributed by atoms with van der Waals surface area (Å²) in [5.41, 5.74) is 5.87. The molecule has 89 heavy (non-hydrogen) atoms. The van der Waals surface area contributed by atoms with Crippen LogP contribution in [0.1, 0.15) is 136 Å². The van der Waals surface area contributed by atoms with E-state index in [0.717, 1.165) is 22.0 Å². The van der Waals surface area contributed by atoms with Gasteiger partial charge in [-0.2, -0.15) is 0 Å². The average Bonchev–Trinajstić information content (AvgIpc) is 1.68. The molecule has 1 aromatic carbocycles. The number of hydrogen-bond acceptors (Lipinski definition) is 18. The molecule has 26 nitrogen and oxygen atoms in total. The number of amides is 7. The Hall–Kier alpha value is -7.71. The number of alkyl carbamates (subject to hydrolysis) is 2. The molecule has 5 heterocycles. The number of nitrogens with one attached hydrogen (secondary N) is 5. The van der Waals surface area contributed by atoms with Crippen LogP contribution in [0.3, 0.4) is 0 Å². The Balaban J connectivity index is 0.991. The molecule has 0 bridgehead atoms. The molecule has 0 unspecified atom stereocenters. The maximum atomic E-state index is 14.5. The first-order valence-corrected chi connectivity index (χ1v) is 30.9. The number of likely N-dealkylation sites (N-methyl/N-ethyl adjacent to an activating group) is 3. The molecule has 7 amide bonds. The van der Waals surface area contributed by atoms with Crippen molar-refractivity contribution in [1.29, 1.82) is 0 Å². The number of fused-ring (bicyclic) bond motifs is 5. The Bertz CT molecular complexity index is 3150. The van der Waals surface area contributed by atoms with Crippen LogP contribution in [0, 0.1) is 5.92 Å². The van der Waals surface area contributed by atoms with Gasteiger partial charge in [0.05, 0.1) is 42.0 Å². The van der Waals surface area contributed by atoms with Gasteiger partial charge in [0, 0.05) is 68.9 Å². The monoisotopic (exact) mass is 1240 g/mol. The summed E-state index contributed by atoms with van der Waals surface area (Å²) >= 11 is 0. The van der Waals surface area contributed by atoms with Crippen molar-refractivity contribution in [3.8, 4) is 11.4 Å². The number of pyridine rings is 2. The minimum absolute atomic E-state index is 0.107. The van der Waals surface area contributed by atoms with Crippen LogP contribution in [-0.4, -0.2) is 198 Å². The lowest BCUT2D eigenvalue weighted by Gasteiger charge is -2.37. The van der Waals surface area contributed by atoms with E-state index in [0.29, 0.717) is 89.3 Å². The van der Waals surface area contributed by atoms with Gasteiger partial charge in [0.25, 0.3) is 5.56 Å². The molecule has 1 saturated heterocycles. The van der Waals surface area contributed by atoms with Crippen LogP contribution in [0.25, 0.3) is 22.3 Å². The number of hydrogen-bond donors (Lipinski definition) is 6. The summed E-state index contributed by atoms with van der Waals surface area (Å²) in [6.45, 7) is 20.9. The van der Waals surface area contributed by atoms with Crippen LogP contribution in [0.2, 0.25) is 0 Å². The number of ether oxygens (including phenoxy) is 4. The van der Waals surface area contributed by atoms with Gasteiger partial charge in [0.15, 0.2) is 0 Å². The van der Waals surface area contributed by atoms with Gasteiger partial charge in [0.2, 0.25) is 35.1 Å².